The Labute approximate surface area is 148 Å². The molecule has 0 aliphatic heterocycles. The largest absolute Gasteiger partial charge is 0.493 e. The van der Waals surface area contributed by atoms with E-state index in [4.69, 9.17) is 14.2 Å². The third kappa shape index (κ3) is 2.97. The molecule has 0 aliphatic rings. The van der Waals surface area contributed by atoms with Gasteiger partial charge in [0.2, 0.25) is 5.75 Å². The molecule has 3 aromatic rings. The van der Waals surface area contributed by atoms with Crippen LogP contribution in [0, 0.1) is 0 Å². The van der Waals surface area contributed by atoms with E-state index in [1.165, 1.54) is 0 Å². The Balaban J connectivity index is 2.14. The van der Waals surface area contributed by atoms with Crippen molar-refractivity contribution in [1.82, 2.24) is 9.78 Å². The predicted octanol–water partition coefficient (Wildman–Crippen LogP) is 4.33. The van der Waals surface area contributed by atoms with E-state index in [-0.39, 0.29) is 0 Å². The summed E-state index contributed by atoms with van der Waals surface area (Å²) < 4.78 is 19.1. The van der Waals surface area contributed by atoms with Crippen LogP contribution in [0.5, 0.6) is 17.2 Å². The summed E-state index contributed by atoms with van der Waals surface area (Å²) in [6.07, 6.45) is 1.76. The summed E-state index contributed by atoms with van der Waals surface area (Å²) in [7, 11) is 4.80. The smallest absolute Gasteiger partial charge is 0.203 e. The Morgan fingerprint density at radius 2 is 1.50 bits per heavy atom. The number of rotatable bonds is 5. The summed E-state index contributed by atoms with van der Waals surface area (Å²) in [4.78, 5) is 0. The first-order chi connectivity index (χ1) is 11.7. The second-order valence-corrected chi connectivity index (χ2v) is 5.93. The summed E-state index contributed by atoms with van der Waals surface area (Å²) in [5, 5.41) is 4.43. The fourth-order valence-corrected chi connectivity index (χ4v) is 2.80. The highest BCUT2D eigenvalue weighted by atomic mass is 79.9. The maximum Gasteiger partial charge on any atom is 0.203 e. The van der Waals surface area contributed by atoms with Crippen molar-refractivity contribution in [2.45, 2.75) is 0 Å². The molecule has 0 radical (unpaired) electrons. The zero-order valence-corrected chi connectivity index (χ0v) is 15.2. The minimum absolute atomic E-state index is 0.568. The van der Waals surface area contributed by atoms with Crippen molar-refractivity contribution in [3.05, 3.63) is 53.1 Å². The number of benzene rings is 2. The lowest BCUT2D eigenvalue weighted by Crippen LogP contribution is -2.00. The van der Waals surface area contributed by atoms with Crippen LogP contribution in [0.1, 0.15) is 0 Å². The van der Waals surface area contributed by atoms with Gasteiger partial charge in [-0.1, -0.05) is 15.9 Å². The zero-order chi connectivity index (χ0) is 17.1. The van der Waals surface area contributed by atoms with Gasteiger partial charge in [-0.3, -0.25) is 0 Å². The van der Waals surface area contributed by atoms with Gasteiger partial charge in [-0.25, -0.2) is 4.68 Å². The third-order valence-corrected chi connectivity index (χ3v) is 4.20. The quantitative estimate of drug-likeness (QED) is 0.652. The highest BCUT2D eigenvalue weighted by Gasteiger charge is 2.16. The summed E-state index contributed by atoms with van der Waals surface area (Å²) >= 11 is 3.45. The Morgan fingerprint density at radius 1 is 0.875 bits per heavy atom. The average Bonchev–Trinajstić information content (AvgIpc) is 3.10. The number of hydrogen-bond donors (Lipinski definition) is 0. The second kappa shape index (κ2) is 6.97. The van der Waals surface area contributed by atoms with E-state index in [0.717, 1.165) is 21.4 Å². The van der Waals surface area contributed by atoms with Gasteiger partial charge in [0.05, 0.1) is 38.9 Å². The summed E-state index contributed by atoms with van der Waals surface area (Å²) in [5.74, 6) is 1.78. The van der Waals surface area contributed by atoms with Crippen LogP contribution >= 0.6 is 15.9 Å². The molecule has 1 heterocycles. The molecule has 0 saturated carbocycles. The van der Waals surface area contributed by atoms with E-state index >= 15 is 0 Å². The van der Waals surface area contributed by atoms with Crippen molar-refractivity contribution in [1.29, 1.82) is 0 Å². The molecule has 0 bridgehead atoms. The fourth-order valence-electron chi connectivity index (χ4n) is 2.54. The third-order valence-electron chi connectivity index (χ3n) is 3.67. The van der Waals surface area contributed by atoms with Crippen LogP contribution in [0.2, 0.25) is 0 Å². The van der Waals surface area contributed by atoms with Crippen molar-refractivity contribution in [3.63, 3.8) is 0 Å². The van der Waals surface area contributed by atoms with Gasteiger partial charge in [0, 0.05) is 10.0 Å². The number of nitrogens with zero attached hydrogens (tertiary/aromatic N) is 2. The van der Waals surface area contributed by atoms with Crippen molar-refractivity contribution in [2.75, 3.05) is 21.3 Å². The minimum Gasteiger partial charge on any atom is -0.493 e. The van der Waals surface area contributed by atoms with Crippen LogP contribution in [0.3, 0.4) is 0 Å². The van der Waals surface area contributed by atoms with Crippen molar-refractivity contribution in [2.24, 2.45) is 0 Å². The normalized spacial score (nSPS) is 10.5. The van der Waals surface area contributed by atoms with Gasteiger partial charge >= 0.3 is 0 Å². The maximum atomic E-state index is 5.44. The van der Waals surface area contributed by atoms with Gasteiger partial charge in [0.1, 0.15) is 0 Å². The zero-order valence-electron chi connectivity index (χ0n) is 13.6. The summed E-state index contributed by atoms with van der Waals surface area (Å²) in [6, 6.07) is 13.7. The van der Waals surface area contributed by atoms with E-state index < -0.39 is 0 Å². The Bertz CT molecular complexity index is 819. The highest BCUT2D eigenvalue weighted by Crippen LogP contribution is 2.41. The number of aromatic nitrogens is 2. The van der Waals surface area contributed by atoms with Gasteiger partial charge < -0.3 is 14.2 Å². The lowest BCUT2D eigenvalue weighted by atomic mass is 10.1. The average molecular weight is 389 g/mol. The van der Waals surface area contributed by atoms with Gasteiger partial charge in [-0.05, 0) is 42.5 Å². The van der Waals surface area contributed by atoms with E-state index in [1.54, 1.807) is 27.5 Å². The Morgan fingerprint density at radius 3 is 2.04 bits per heavy atom. The van der Waals surface area contributed by atoms with Crippen LogP contribution in [0.25, 0.3) is 16.9 Å². The summed E-state index contributed by atoms with van der Waals surface area (Å²) in [6.45, 7) is 0. The lowest BCUT2D eigenvalue weighted by molar-refractivity contribution is 0.324. The van der Waals surface area contributed by atoms with E-state index in [9.17, 15) is 0 Å². The molecular formula is C18H17BrN2O3. The van der Waals surface area contributed by atoms with Crippen molar-refractivity contribution in [3.8, 4) is 34.2 Å². The molecular weight excluding hydrogens is 372 g/mol. The number of halogens is 1. The highest BCUT2D eigenvalue weighted by molar-refractivity contribution is 9.10. The second-order valence-electron chi connectivity index (χ2n) is 5.02. The Kier molecular flexibility index (Phi) is 4.76. The molecule has 0 atom stereocenters. The van der Waals surface area contributed by atoms with Crippen LogP contribution in [-0.2, 0) is 0 Å². The molecule has 1 aromatic heterocycles. The first kappa shape index (κ1) is 16.4. The first-order valence-electron chi connectivity index (χ1n) is 7.28. The topological polar surface area (TPSA) is 45.5 Å². The van der Waals surface area contributed by atoms with Gasteiger partial charge in [0.25, 0.3) is 0 Å². The molecule has 0 aliphatic carbocycles. The molecule has 0 saturated heterocycles. The first-order valence-corrected chi connectivity index (χ1v) is 8.07. The van der Waals surface area contributed by atoms with Crippen molar-refractivity contribution >= 4 is 15.9 Å². The molecule has 0 fully saturated rings. The molecule has 24 heavy (non-hydrogen) atoms. The van der Waals surface area contributed by atoms with E-state index in [0.29, 0.717) is 17.2 Å². The number of hydrogen-bond acceptors (Lipinski definition) is 4. The minimum atomic E-state index is 0.568. The number of ether oxygens (including phenoxy) is 3. The molecule has 0 spiro atoms. The van der Waals surface area contributed by atoms with Gasteiger partial charge in [0.15, 0.2) is 11.5 Å². The molecule has 3 rings (SSSR count). The summed E-state index contributed by atoms with van der Waals surface area (Å²) in [5.41, 5.74) is 2.81. The molecule has 5 nitrogen and oxygen atoms in total. The SMILES string of the molecule is COc1cc(-c2ccnn2-c2ccc(Br)cc2)cc(OC)c1OC. The predicted molar refractivity (Wildman–Crippen MR) is 96.4 cm³/mol. The van der Waals surface area contributed by atoms with Crippen LogP contribution in [0.4, 0.5) is 0 Å². The van der Waals surface area contributed by atoms with Crippen LogP contribution < -0.4 is 14.2 Å². The standard InChI is InChI=1S/C18H17BrN2O3/c1-22-16-10-12(11-17(23-2)18(16)24-3)15-8-9-20-21(15)14-6-4-13(19)5-7-14/h4-11H,1-3H3. The van der Waals surface area contributed by atoms with Crippen LogP contribution in [-0.4, -0.2) is 31.1 Å². The van der Waals surface area contributed by atoms with Gasteiger partial charge in [-0.15, -0.1) is 0 Å². The van der Waals surface area contributed by atoms with Crippen molar-refractivity contribution < 1.29 is 14.2 Å². The molecule has 0 unspecified atom stereocenters. The molecule has 6 heteroatoms. The lowest BCUT2D eigenvalue weighted by Gasteiger charge is -2.15. The van der Waals surface area contributed by atoms with Crippen LogP contribution in [0.15, 0.2) is 53.1 Å². The van der Waals surface area contributed by atoms with E-state index in [1.807, 2.05) is 47.1 Å². The monoisotopic (exact) mass is 388 g/mol. The molecule has 2 aromatic carbocycles. The molecule has 124 valence electrons. The fraction of sp³-hybridized carbons (Fsp3) is 0.167. The molecule has 0 N–H and O–H groups in total. The molecule has 0 amide bonds. The number of methoxy groups -OCH3 is 3. The van der Waals surface area contributed by atoms with E-state index in [2.05, 4.69) is 21.0 Å². The maximum absolute atomic E-state index is 5.44. The Hall–Kier alpha value is -2.47. The van der Waals surface area contributed by atoms with Gasteiger partial charge in [-0.2, -0.15) is 5.10 Å².